The quantitative estimate of drug-likeness (QED) is 0.0211. The number of phosphoric acid groups is 1. The Morgan fingerprint density at radius 2 is 0.713 bits per heavy atom. The van der Waals surface area contributed by atoms with Gasteiger partial charge in [-0.1, -0.05) is 305 Å². The summed E-state index contributed by atoms with van der Waals surface area (Å²) in [4.78, 5) is 35.7. The molecule has 0 saturated carbocycles. The van der Waals surface area contributed by atoms with Gasteiger partial charge in [-0.2, -0.15) is 0 Å². The van der Waals surface area contributed by atoms with Crippen molar-refractivity contribution in [3.63, 3.8) is 0 Å². The molecular weight excluding hydrogens is 1010 g/mol. The van der Waals surface area contributed by atoms with Crippen molar-refractivity contribution in [1.29, 1.82) is 0 Å². The molecule has 0 aliphatic carbocycles. The molecule has 0 aromatic carbocycles. The molecule has 10 heteroatoms. The van der Waals surface area contributed by atoms with E-state index >= 15 is 0 Å². The number of likely N-dealkylation sites (N-methyl/N-ethyl adjacent to an activating group) is 1. The summed E-state index contributed by atoms with van der Waals surface area (Å²) in [6.07, 6.45) is 81.5. The maximum absolute atomic E-state index is 12.8. The molecule has 0 amide bonds. The van der Waals surface area contributed by atoms with Gasteiger partial charge in [0.25, 0.3) is 0 Å². The molecule has 0 heterocycles. The molecule has 2 atom stereocenters. The number of esters is 2. The number of rotatable bonds is 62. The predicted octanol–water partition coefficient (Wildman–Crippen LogP) is 21.6. The van der Waals surface area contributed by atoms with Crippen LogP contribution in [0.15, 0.2) is 72.9 Å². The van der Waals surface area contributed by atoms with Crippen LogP contribution in [0.5, 0.6) is 0 Å². The maximum Gasteiger partial charge on any atom is 0.472 e. The number of allylic oxidation sites excluding steroid dienone is 12. The van der Waals surface area contributed by atoms with Crippen molar-refractivity contribution in [1.82, 2.24) is 0 Å². The fourth-order valence-electron chi connectivity index (χ4n) is 9.61. The standard InChI is InChI=1S/C70H128NO8P/c1-6-8-10-12-14-16-18-20-22-23-24-25-26-27-28-29-30-31-32-33-34-35-36-37-38-39-40-41-42-43-44-45-46-47-49-51-53-55-57-59-61-63-70(73)79-68(67-78-80(74,75)77-65-64-71(3,4)5)66-76-69(72)62-60-58-56-54-52-50-48-21-19-17-15-13-11-9-7-2/h8,10,14,16,20,22,24-25,27-28,30-31,68H,6-7,9,11-13,15,17-19,21,23,26,29,32-67H2,1-5H3/p+1/b10-8-,16-14-,22-20-,25-24-,28-27-,31-30-. The van der Waals surface area contributed by atoms with Gasteiger partial charge < -0.3 is 18.9 Å². The highest BCUT2D eigenvalue weighted by Crippen LogP contribution is 2.43. The molecule has 0 spiro atoms. The minimum absolute atomic E-state index is 0.0337. The molecule has 0 radical (unpaired) electrons. The second-order valence-electron chi connectivity index (χ2n) is 23.8. The van der Waals surface area contributed by atoms with Crippen LogP contribution in [0, 0.1) is 0 Å². The summed E-state index contributed by atoms with van der Waals surface area (Å²) in [6, 6.07) is 0. The van der Waals surface area contributed by atoms with Crippen molar-refractivity contribution >= 4 is 19.8 Å². The van der Waals surface area contributed by atoms with Gasteiger partial charge in [-0.3, -0.25) is 18.6 Å². The third kappa shape index (κ3) is 64.6. The first-order valence-corrected chi connectivity index (χ1v) is 35.2. The Balaban J connectivity index is 3.90. The number of carbonyl (C=O) groups excluding carboxylic acids is 2. The topological polar surface area (TPSA) is 108 Å². The van der Waals surface area contributed by atoms with Crippen molar-refractivity contribution in [2.24, 2.45) is 0 Å². The predicted molar refractivity (Wildman–Crippen MR) is 344 cm³/mol. The molecule has 80 heavy (non-hydrogen) atoms. The van der Waals surface area contributed by atoms with E-state index in [0.29, 0.717) is 23.9 Å². The average molecular weight is 1140 g/mol. The lowest BCUT2D eigenvalue weighted by Crippen LogP contribution is -2.37. The number of nitrogens with zero attached hydrogens (tertiary/aromatic N) is 1. The molecule has 2 unspecified atom stereocenters. The second-order valence-corrected chi connectivity index (χ2v) is 25.3. The van der Waals surface area contributed by atoms with Gasteiger partial charge >= 0.3 is 19.8 Å². The Bertz CT molecular complexity index is 1580. The van der Waals surface area contributed by atoms with Crippen molar-refractivity contribution in [3.05, 3.63) is 72.9 Å². The van der Waals surface area contributed by atoms with Gasteiger partial charge in [-0.15, -0.1) is 0 Å². The van der Waals surface area contributed by atoms with Gasteiger partial charge in [-0.25, -0.2) is 4.57 Å². The molecular formula is C70H129NO8P+. The Morgan fingerprint density at radius 3 is 1.06 bits per heavy atom. The van der Waals surface area contributed by atoms with E-state index in [4.69, 9.17) is 18.5 Å². The molecule has 0 fully saturated rings. The summed E-state index contributed by atoms with van der Waals surface area (Å²) < 4.78 is 34.6. The van der Waals surface area contributed by atoms with E-state index in [1.54, 1.807) is 0 Å². The van der Waals surface area contributed by atoms with Gasteiger partial charge in [0.1, 0.15) is 19.8 Å². The molecule has 0 aliphatic rings. The van der Waals surface area contributed by atoms with E-state index in [-0.39, 0.29) is 25.6 Å². The zero-order valence-corrected chi connectivity index (χ0v) is 54.0. The van der Waals surface area contributed by atoms with Crippen molar-refractivity contribution < 1.29 is 42.1 Å². The molecule has 9 nitrogen and oxygen atoms in total. The number of ether oxygens (including phenoxy) is 2. The van der Waals surface area contributed by atoms with Gasteiger partial charge in [0.15, 0.2) is 6.10 Å². The molecule has 0 saturated heterocycles. The maximum atomic E-state index is 12.8. The molecule has 0 aromatic rings. The van der Waals surface area contributed by atoms with Crippen LogP contribution in [0.2, 0.25) is 0 Å². The van der Waals surface area contributed by atoms with E-state index in [9.17, 15) is 19.0 Å². The first-order chi connectivity index (χ1) is 39.0. The van der Waals surface area contributed by atoms with E-state index in [1.807, 2.05) is 21.1 Å². The Kier molecular flexibility index (Phi) is 59.1. The molecule has 0 bridgehead atoms. The first kappa shape index (κ1) is 77.5. The smallest absolute Gasteiger partial charge is 0.462 e. The summed E-state index contributed by atoms with van der Waals surface area (Å²) in [5.74, 6) is -0.781. The Morgan fingerprint density at radius 1 is 0.400 bits per heavy atom. The van der Waals surface area contributed by atoms with Crippen LogP contribution in [0.3, 0.4) is 0 Å². The summed E-state index contributed by atoms with van der Waals surface area (Å²) in [5, 5.41) is 0. The third-order valence-electron chi connectivity index (χ3n) is 14.8. The normalized spacial score (nSPS) is 13.6. The lowest BCUT2D eigenvalue weighted by molar-refractivity contribution is -0.870. The van der Waals surface area contributed by atoms with Crippen LogP contribution in [0.4, 0.5) is 0 Å². The minimum atomic E-state index is -4.38. The number of quaternary nitrogens is 1. The van der Waals surface area contributed by atoms with Crippen LogP contribution in [0.1, 0.15) is 309 Å². The lowest BCUT2D eigenvalue weighted by Gasteiger charge is -2.24. The highest BCUT2D eigenvalue weighted by Gasteiger charge is 2.27. The number of hydrogen-bond acceptors (Lipinski definition) is 7. The van der Waals surface area contributed by atoms with Crippen LogP contribution in [-0.2, 0) is 32.7 Å². The Hall–Kier alpha value is -2.55. The third-order valence-corrected chi connectivity index (χ3v) is 15.7. The van der Waals surface area contributed by atoms with Crippen LogP contribution in [-0.4, -0.2) is 74.9 Å². The van der Waals surface area contributed by atoms with Crippen LogP contribution < -0.4 is 0 Å². The lowest BCUT2D eigenvalue weighted by atomic mass is 10.0. The number of carbonyl (C=O) groups is 2. The van der Waals surface area contributed by atoms with Gasteiger partial charge in [0.05, 0.1) is 27.7 Å². The van der Waals surface area contributed by atoms with Gasteiger partial charge in [0.2, 0.25) is 0 Å². The molecule has 0 rings (SSSR count). The van der Waals surface area contributed by atoms with Crippen molar-refractivity contribution in [2.75, 3.05) is 47.5 Å². The summed E-state index contributed by atoms with van der Waals surface area (Å²) >= 11 is 0. The van der Waals surface area contributed by atoms with Crippen LogP contribution >= 0.6 is 7.82 Å². The number of unbranched alkanes of at least 4 members (excludes halogenated alkanes) is 36. The monoisotopic (exact) mass is 1140 g/mol. The zero-order valence-electron chi connectivity index (χ0n) is 53.1. The zero-order chi connectivity index (χ0) is 58.4. The molecule has 0 aromatic heterocycles. The molecule has 0 aliphatic heterocycles. The van der Waals surface area contributed by atoms with Gasteiger partial charge in [-0.05, 0) is 64.2 Å². The molecule has 1 N–H and O–H groups in total. The molecule has 466 valence electrons. The highest BCUT2D eigenvalue weighted by atomic mass is 31.2. The van der Waals surface area contributed by atoms with Crippen molar-refractivity contribution in [3.8, 4) is 0 Å². The Labute approximate surface area is 495 Å². The average Bonchev–Trinajstić information content (AvgIpc) is 3.42. The van der Waals surface area contributed by atoms with E-state index in [1.165, 1.54) is 205 Å². The summed E-state index contributed by atoms with van der Waals surface area (Å²) in [5.41, 5.74) is 0. The second kappa shape index (κ2) is 61.0. The fraction of sp³-hybridized carbons (Fsp3) is 0.800. The largest absolute Gasteiger partial charge is 0.472 e. The van der Waals surface area contributed by atoms with Crippen molar-refractivity contribution in [2.45, 2.75) is 315 Å². The van der Waals surface area contributed by atoms with E-state index < -0.39 is 26.5 Å². The van der Waals surface area contributed by atoms with Gasteiger partial charge in [0, 0.05) is 12.8 Å². The SMILES string of the molecule is CC/C=C\C/C=C\C/C=C\C/C=C\C/C=C\C/C=C\CCCCCCCCCCCCCCCCCCCCCCCCC(=O)OC(COC(=O)CCCCCCCCCCCCCCCCC)COP(=O)(O)OCC[N+](C)(C)C. The van der Waals surface area contributed by atoms with Crippen LogP contribution in [0.25, 0.3) is 0 Å². The summed E-state index contributed by atoms with van der Waals surface area (Å²) in [7, 11) is 1.49. The first-order valence-electron chi connectivity index (χ1n) is 33.7. The van der Waals surface area contributed by atoms with E-state index in [0.717, 1.165) is 70.6 Å². The fourth-order valence-corrected chi connectivity index (χ4v) is 10.4. The number of hydrogen-bond donors (Lipinski definition) is 1. The minimum Gasteiger partial charge on any atom is -0.462 e. The summed E-state index contributed by atoms with van der Waals surface area (Å²) in [6.45, 7) is 4.36. The highest BCUT2D eigenvalue weighted by molar-refractivity contribution is 7.47. The number of phosphoric ester groups is 1. The van der Waals surface area contributed by atoms with E-state index in [2.05, 4.69) is 86.8 Å².